The molecular weight excluding hydrogens is 356 g/mol. The summed E-state index contributed by atoms with van der Waals surface area (Å²) in [5, 5.41) is 2.46. The Morgan fingerprint density at radius 3 is 2.31 bits per heavy atom. The van der Waals surface area contributed by atoms with Gasteiger partial charge in [0.05, 0.1) is 24.8 Å². The third-order valence-electron chi connectivity index (χ3n) is 3.51. The Balaban J connectivity index is 2.25. The molecule has 0 saturated heterocycles. The second-order valence-corrected chi connectivity index (χ2v) is 6.87. The lowest BCUT2D eigenvalue weighted by Crippen LogP contribution is -2.14. The molecule has 0 unspecified atom stereocenters. The molecule has 8 heteroatoms. The summed E-state index contributed by atoms with van der Waals surface area (Å²) < 4.78 is 38.0. The van der Waals surface area contributed by atoms with E-state index in [4.69, 9.17) is 9.47 Å². The molecular formula is C18H20N2O5S. The van der Waals surface area contributed by atoms with E-state index in [1.165, 1.54) is 45.5 Å². The Hall–Kier alpha value is -3.00. The van der Waals surface area contributed by atoms with Crippen LogP contribution in [0.15, 0.2) is 53.4 Å². The monoisotopic (exact) mass is 376 g/mol. The fraction of sp³-hybridized carbons (Fsp3) is 0.167. The summed E-state index contributed by atoms with van der Waals surface area (Å²) in [7, 11) is 0.659. The number of likely N-dealkylation sites (N-methyl/N-ethyl adjacent to an activating group) is 1. The average molecular weight is 376 g/mol. The first-order chi connectivity index (χ1) is 12.4. The first-order valence-corrected chi connectivity index (χ1v) is 9.12. The predicted molar refractivity (Wildman–Crippen MR) is 99.9 cm³/mol. The van der Waals surface area contributed by atoms with Crippen molar-refractivity contribution in [1.29, 1.82) is 0 Å². The maximum absolute atomic E-state index is 12.6. The largest absolute Gasteiger partial charge is 0.497 e. The van der Waals surface area contributed by atoms with Gasteiger partial charge in [-0.05, 0) is 35.9 Å². The third kappa shape index (κ3) is 4.76. The molecule has 138 valence electrons. The van der Waals surface area contributed by atoms with Crippen LogP contribution in [-0.2, 0) is 14.8 Å². The molecule has 0 atom stereocenters. The zero-order valence-corrected chi connectivity index (χ0v) is 15.5. The third-order valence-corrected chi connectivity index (χ3v) is 4.90. The van der Waals surface area contributed by atoms with Gasteiger partial charge in [0.25, 0.3) is 10.0 Å². The van der Waals surface area contributed by atoms with Crippen LogP contribution >= 0.6 is 0 Å². The van der Waals surface area contributed by atoms with Crippen molar-refractivity contribution in [2.75, 3.05) is 26.0 Å². The molecule has 0 aliphatic rings. The number of anilines is 1. The smallest absolute Gasteiger partial charge is 0.262 e. The van der Waals surface area contributed by atoms with E-state index in [1.807, 2.05) is 0 Å². The molecule has 2 aromatic rings. The average Bonchev–Trinajstić information content (AvgIpc) is 2.66. The van der Waals surface area contributed by atoms with E-state index in [0.29, 0.717) is 17.1 Å². The lowest BCUT2D eigenvalue weighted by atomic mass is 10.2. The maximum atomic E-state index is 12.6. The van der Waals surface area contributed by atoms with Crippen LogP contribution in [0, 0.1) is 0 Å². The highest BCUT2D eigenvalue weighted by atomic mass is 32.2. The fourth-order valence-electron chi connectivity index (χ4n) is 2.11. The van der Waals surface area contributed by atoms with Crippen molar-refractivity contribution in [1.82, 2.24) is 5.32 Å². The van der Waals surface area contributed by atoms with Crippen LogP contribution in [0.1, 0.15) is 5.56 Å². The van der Waals surface area contributed by atoms with E-state index in [-0.39, 0.29) is 16.5 Å². The molecule has 7 nitrogen and oxygen atoms in total. The molecule has 0 heterocycles. The van der Waals surface area contributed by atoms with Gasteiger partial charge in [-0.15, -0.1) is 0 Å². The maximum Gasteiger partial charge on any atom is 0.262 e. The first kappa shape index (κ1) is 19.3. The van der Waals surface area contributed by atoms with Gasteiger partial charge in [-0.25, -0.2) is 8.42 Å². The van der Waals surface area contributed by atoms with Gasteiger partial charge < -0.3 is 14.8 Å². The number of hydrogen-bond acceptors (Lipinski definition) is 5. The number of ether oxygens (including phenoxy) is 2. The Morgan fingerprint density at radius 1 is 1.04 bits per heavy atom. The minimum absolute atomic E-state index is 0.0828. The summed E-state index contributed by atoms with van der Waals surface area (Å²) >= 11 is 0. The van der Waals surface area contributed by atoms with Gasteiger partial charge in [0.1, 0.15) is 11.5 Å². The second kappa shape index (κ2) is 8.39. The van der Waals surface area contributed by atoms with E-state index in [2.05, 4.69) is 10.0 Å². The molecule has 2 aromatic carbocycles. The van der Waals surface area contributed by atoms with Crippen LogP contribution < -0.4 is 19.5 Å². The van der Waals surface area contributed by atoms with Crippen LogP contribution in [0.4, 0.5) is 5.69 Å². The fourth-order valence-corrected chi connectivity index (χ4v) is 3.17. The molecule has 0 aromatic heterocycles. The number of benzene rings is 2. The number of hydrogen-bond donors (Lipinski definition) is 2. The van der Waals surface area contributed by atoms with Gasteiger partial charge in [0.15, 0.2) is 0 Å². The van der Waals surface area contributed by atoms with E-state index in [0.717, 1.165) is 0 Å². The zero-order chi connectivity index (χ0) is 19.2. The van der Waals surface area contributed by atoms with E-state index >= 15 is 0 Å². The quantitative estimate of drug-likeness (QED) is 0.723. The first-order valence-electron chi connectivity index (χ1n) is 7.64. The van der Waals surface area contributed by atoms with Crippen molar-refractivity contribution < 1.29 is 22.7 Å². The molecule has 1 amide bonds. The highest BCUT2D eigenvalue weighted by Crippen LogP contribution is 2.30. The van der Waals surface area contributed by atoms with E-state index < -0.39 is 10.0 Å². The molecule has 26 heavy (non-hydrogen) atoms. The topological polar surface area (TPSA) is 93.7 Å². The second-order valence-electron chi connectivity index (χ2n) is 5.19. The molecule has 0 spiro atoms. The van der Waals surface area contributed by atoms with Crippen molar-refractivity contribution in [3.05, 3.63) is 54.1 Å². The number of carbonyl (C=O) groups excluding carboxylic acids is 1. The SMILES string of the molecule is CNC(=O)/C=C/c1ccc(S(=O)(=O)Nc2cc(OC)ccc2OC)cc1. The van der Waals surface area contributed by atoms with E-state index in [1.54, 1.807) is 30.3 Å². The van der Waals surface area contributed by atoms with Crippen molar-refractivity contribution in [3.8, 4) is 11.5 Å². The summed E-state index contributed by atoms with van der Waals surface area (Å²) in [6.45, 7) is 0. The summed E-state index contributed by atoms with van der Waals surface area (Å²) in [6.07, 6.45) is 2.95. The van der Waals surface area contributed by atoms with E-state index in [9.17, 15) is 13.2 Å². The molecule has 0 saturated carbocycles. The van der Waals surface area contributed by atoms with Crippen molar-refractivity contribution >= 4 is 27.7 Å². The van der Waals surface area contributed by atoms with Gasteiger partial charge >= 0.3 is 0 Å². The summed E-state index contributed by atoms with van der Waals surface area (Å²) in [5.74, 6) is 0.631. The van der Waals surface area contributed by atoms with Crippen LogP contribution in [0.3, 0.4) is 0 Å². The highest BCUT2D eigenvalue weighted by molar-refractivity contribution is 7.92. The number of rotatable bonds is 7. The Labute approximate surface area is 152 Å². The Bertz CT molecular complexity index is 906. The van der Waals surface area contributed by atoms with Crippen LogP contribution in [0.5, 0.6) is 11.5 Å². The summed E-state index contributed by atoms with van der Waals surface area (Å²) in [4.78, 5) is 11.3. The summed E-state index contributed by atoms with van der Waals surface area (Å²) in [6, 6.07) is 11.0. The molecule has 0 aliphatic heterocycles. The molecule has 0 fully saturated rings. The highest BCUT2D eigenvalue weighted by Gasteiger charge is 2.17. The van der Waals surface area contributed by atoms with Gasteiger partial charge in [-0.2, -0.15) is 0 Å². The van der Waals surface area contributed by atoms with Gasteiger partial charge in [-0.1, -0.05) is 12.1 Å². The number of nitrogens with one attached hydrogen (secondary N) is 2. The van der Waals surface area contributed by atoms with Gasteiger partial charge in [0, 0.05) is 19.2 Å². The Morgan fingerprint density at radius 2 is 1.73 bits per heavy atom. The summed E-state index contributed by atoms with van der Waals surface area (Å²) in [5.41, 5.74) is 0.974. The van der Waals surface area contributed by atoms with Gasteiger partial charge in [0.2, 0.25) is 5.91 Å². The van der Waals surface area contributed by atoms with Crippen molar-refractivity contribution in [2.24, 2.45) is 0 Å². The number of carbonyl (C=O) groups is 1. The number of methoxy groups -OCH3 is 2. The van der Waals surface area contributed by atoms with Gasteiger partial charge in [-0.3, -0.25) is 9.52 Å². The van der Waals surface area contributed by atoms with Crippen molar-refractivity contribution in [2.45, 2.75) is 4.90 Å². The minimum atomic E-state index is -3.81. The number of amides is 1. The lowest BCUT2D eigenvalue weighted by Gasteiger charge is -2.13. The van der Waals surface area contributed by atoms with Crippen LogP contribution in [0.2, 0.25) is 0 Å². The zero-order valence-electron chi connectivity index (χ0n) is 14.6. The molecule has 2 rings (SSSR count). The molecule has 2 N–H and O–H groups in total. The normalized spacial score (nSPS) is 11.2. The Kier molecular flexibility index (Phi) is 6.24. The van der Waals surface area contributed by atoms with Crippen molar-refractivity contribution in [3.63, 3.8) is 0 Å². The minimum Gasteiger partial charge on any atom is -0.497 e. The predicted octanol–water partition coefficient (Wildman–Crippen LogP) is 2.26. The molecule has 0 bridgehead atoms. The molecule has 0 aliphatic carbocycles. The lowest BCUT2D eigenvalue weighted by molar-refractivity contribution is -0.115. The van der Waals surface area contributed by atoms with Crippen LogP contribution in [0.25, 0.3) is 6.08 Å². The standard InChI is InChI=1S/C18H20N2O5S/c1-19-18(21)11-6-13-4-8-15(9-5-13)26(22,23)20-16-12-14(24-2)7-10-17(16)25-3/h4-12,20H,1-3H3,(H,19,21)/b11-6+. The van der Waals surface area contributed by atoms with Crippen LogP contribution in [-0.4, -0.2) is 35.6 Å². The molecule has 0 radical (unpaired) electrons. The number of sulfonamides is 1.